The fourth-order valence-corrected chi connectivity index (χ4v) is 4.71. The highest BCUT2D eigenvalue weighted by atomic mass is 32.2. The fraction of sp³-hybridized carbons (Fsp3) is 0.519. The summed E-state index contributed by atoms with van der Waals surface area (Å²) in [5.41, 5.74) is 2.86. The molecule has 4 rings (SSSR count). The third kappa shape index (κ3) is 7.78. The Hall–Kier alpha value is -2.42. The molecule has 2 fully saturated rings. The van der Waals surface area contributed by atoms with Gasteiger partial charge in [0.25, 0.3) is 5.91 Å². The molecule has 2 saturated carbocycles. The average molecular weight is 500 g/mol. The van der Waals surface area contributed by atoms with Crippen LogP contribution in [0.15, 0.2) is 48.5 Å². The quantitative estimate of drug-likeness (QED) is 0.394. The molecule has 0 unspecified atom stereocenters. The van der Waals surface area contributed by atoms with Gasteiger partial charge in [0.2, 0.25) is 10.0 Å². The van der Waals surface area contributed by atoms with Crippen LogP contribution in [0, 0.1) is 5.92 Å². The molecule has 190 valence electrons. The van der Waals surface area contributed by atoms with E-state index in [0.29, 0.717) is 30.3 Å². The predicted octanol–water partition coefficient (Wildman–Crippen LogP) is 2.88. The minimum atomic E-state index is -3.47. The van der Waals surface area contributed by atoms with Crippen LogP contribution in [0.25, 0.3) is 0 Å². The number of carbonyl (C=O) groups is 1. The first-order valence-corrected chi connectivity index (χ1v) is 14.4. The Labute approximate surface area is 209 Å². The standard InChI is InChI=1S/C27H37N3O4S/c1-30(35(2,33)34)24-15-21(11-10-19-8-9-19)14-22(17-24)27(32)29-25(16-20-6-4-3-5-7-20)26(31)18-28-23-12-13-23/h3-7,14-15,17,19,23,25-26,28,31H,8-13,16,18H2,1-2H3,(H,29,32)/t25-,26+/m0/s1. The van der Waals surface area contributed by atoms with Crippen molar-refractivity contribution in [3.63, 3.8) is 0 Å². The lowest BCUT2D eigenvalue weighted by molar-refractivity contribution is 0.0830. The lowest BCUT2D eigenvalue weighted by atomic mass is 9.99. The Morgan fingerprint density at radius 2 is 1.80 bits per heavy atom. The molecular formula is C27H37N3O4S. The third-order valence-corrected chi connectivity index (χ3v) is 8.12. The molecule has 2 aliphatic rings. The van der Waals surface area contributed by atoms with Crippen molar-refractivity contribution in [1.29, 1.82) is 0 Å². The topological polar surface area (TPSA) is 98.7 Å². The molecule has 0 spiro atoms. The Morgan fingerprint density at radius 3 is 2.43 bits per heavy atom. The summed E-state index contributed by atoms with van der Waals surface area (Å²) in [6.45, 7) is 0.409. The van der Waals surface area contributed by atoms with E-state index in [9.17, 15) is 18.3 Å². The Morgan fingerprint density at radius 1 is 1.09 bits per heavy atom. The average Bonchev–Trinajstić information content (AvgIpc) is 3.75. The van der Waals surface area contributed by atoms with E-state index in [2.05, 4.69) is 10.6 Å². The van der Waals surface area contributed by atoms with Crippen molar-refractivity contribution >= 4 is 21.6 Å². The van der Waals surface area contributed by atoms with Gasteiger partial charge in [-0.2, -0.15) is 0 Å². The molecule has 2 aromatic carbocycles. The number of benzene rings is 2. The highest BCUT2D eigenvalue weighted by molar-refractivity contribution is 7.92. The first kappa shape index (κ1) is 25.7. The molecule has 0 aromatic heterocycles. The van der Waals surface area contributed by atoms with E-state index >= 15 is 0 Å². The van der Waals surface area contributed by atoms with Gasteiger partial charge in [-0.3, -0.25) is 9.10 Å². The zero-order valence-corrected chi connectivity index (χ0v) is 21.4. The molecule has 0 radical (unpaired) electrons. The smallest absolute Gasteiger partial charge is 0.251 e. The molecule has 1 amide bonds. The zero-order chi connectivity index (χ0) is 25.0. The van der Waals surface area contributed by atoms with Gasteiger partial charge < -0.3 is 15.7 Å². The molecule has 2 aliphatic carbocycles. The summed E-state index contributed by atoms with van der Waals surface area (Å²) in [5, 5.41) is 17.3. The first-order valence-electron chi connectivity index (χ1n) is 12.5. The minimum Gasteiger partial charge on any atom is -0.390 e. The number of aryl methyl sites for hydroxylation is 1. The van der Waals surface area contributed by atoms with Crippen molar-refractivity contribution in [3.8, 4) is 0 Å². The summed E-state index contributed by atoms with van der Waals surface area (Å²) >= 11 is 0. The van der Waals surface area contributed by atoms with Crippen LogP contribution in [0.1, 0.15) is 53.6 Å². The van der Waals surface area contributed by atoms with Crippen molar-refractivity contribution in [2.45, 2.75) is 63.1 Å². The molecule has 35 heavy (non-hydrogen) atoms. The van der Waals surface area contributed by atoms with Crippen molar-refractivity contribution < 1.29 is 18.3 Å². The molecule has 3 N–H and O–H groups in total. The van der Waals surface area contributed by atoms with Crippen molar-refractivity contribution in [3.05, 3.63) is 65.2 Å². The van der Waals surface area contributed by atoms with E-state index in [4.69, 9.17) is 0 Å². The van der Waals surface area contributed by atoms with Crippen molar-refractivity contribution in [2.24, 2.45) is 5.92 Å². The summed E-state index contributed by atoms with van der Waals surface area (Å²) in [4.78, 5) is 13.4. The number of nitrogens with one attached hydrogen (secondary N) is 2. The van der Waals surface area contributed by atoms with Gasteiger partial charge in [-0.25, -0.2) is 8.42 Å². The van der Waals surface area contributed by atoms with Gasteiger partial charge in [-0.15, -0.1) is 0 Å². The number of sulfonamides is 1. The van der Waals surface area contributed by atoms with Crippen LogP contribution in [0.4, 0.5) is 5.69 Å². The molecular weight excluding hydrogens is 462 g/mol. The predicted molar refractivity (Wildman–Crippen MR) is 139 cm³/mol. The summed E-state index contributed by atoms with van der Waals surface area (Å²) in [6, 6.07) is 15.1. The Balaban J connectivity index is 1.54. The van der Waals surface area contributed by atoms with E-state index in [0.717, 1.165) is 49.0 Å². The number of hydrogen-bond donors (Lipinski definition) is 3. The summed E-state index contributed by atoms with van der Waals surface area (Å²) < 4.78 is 25.6. The number of hydrogen-bond acceptors (Lipinski definition) is 5. The molecule has 8 heteroatoms. The third-order valence-electron chi connectivity index (χ3n) is 6.91. The van der Waals surface area contributed by atoms with Crippen molar-refractivity contribution in [2.75, 3.05) is 24.2 Å². The number of rotatable bonds is 13. The number of nitrogens with zero attached hydrogens (tertiary/aromatic N) is 1. The second-order valence-electron chi connectivity index (χ2n) is 10.1. The molecule has 0 aliphatic heterocycles. The lowest BCUT2D eigenvalue weighted by Crippen LogP contribution is -2.49. The summed E-state index contributed by atoms with van der Waals surface area (Å²) in [7, 11) is -1.96. The normalized spacial score (nSPS) is 17.6. The highest BCUT2D eigenvalue weighted by Crippen LogP contribution is 2.34. The Kier molecular flexibility index (Phi) is 8.14. The highest BCUT2D eigenvalue weighted by Gasteiger charge is 2.27. The van der Waals surface area contributed by atoms with Crippen LogP contribution in [0.2, 0.25) is 0 Å². The SMILES string of the molecule is CN(c1cc(CCC2CC2)cc(C(=O)N[C@@H](Cc2ccccc2)[C@H](O)CNC2CC2)c1)S(C)(=O)=O. The minimum absolute atomic E-state index is 0.312. The molecule has 2 aromatic rings. The molecule has 0 heterocycles. The second-order valence-corrected chi connectivity index (χ2v) is 12.1. The van der Waals surface area contributed by atoms with Gasteiger partial charge in [-0.05, 0) is 67.3 Å². The van der Waals surface area contributed by atoms with E-state index in [1.54, 1.807) is 6.07 Å². The molecule has 2 atom stereocenters. The van der Waals surface area contributed by atoms with Gasteiger partial charge in [0.1, 0.15) is 0 Å². The number of anilines is 1. The van der Waals surface area contributed by atoms with Gasteiger partial charge in [0, 0.05) is 25.2 Å². The molecule has 0 saturated heterocycles. The van der Waals surface area contributed by atoms with Crippen LogP contribution in [-0.2, 0) is 22.9 Å². The largest absolute Gasteiger partial charge is 0.390 e. The van der Waals surface area contributed by atoms with E-state index in [-0.39, 0.29) is 5.91 Å². The Bertz CT molecular complexity index is 1110. The lowest BCUT2D eigenvalue weighted by Gasteiger charge is -2.25. The van der Waals surface area contributed by atoms with Gasteiger partial charge >= 0.3 is 0 Å². The van der Waals surface area contributed by atoms with Crippen LogP contribution >= 0.6 is 0 Å². The van der Waals surface area contributed by atoms with Gasteiger partial charge in [0.15, 0.2) is 0 Å². The number of aliphatic hydroxyl groups is 1. The van der Waals surface area contributed by atoms with Crippen LogP contribution in [0.3, 0.4) is 0 Å². The van der Waals surface area contributed by atoms with Gasteiger partial charge in [-0.1, -0.05) is 43.2 Å². The van der Waals surface area contributed by atoms with Crippen molar-refractivity contribution in [1.82, 2.24) is 10.6 Å². The van der Waals surface area contributed by atoms with Gasteiger partial charge in [0.05, 0.1) is 24.1 Å². The second kappa shape index (κ2) is 11.1. The van der Waals surface area contributed by atoms with Crippen LogP contribution < -0.4 is 14.9 Å². The molecule has 0 bridgehead atoms. The summed E-state index contributed by atoms with van der Waals surface area (Å²) in [6.07, 6.45) is 7.46. The summed E-state index contributed by atoms with van der Waals surface area (Å²) in [5.74, 6) is 0.417. The zero-order valence-electron chi connectivity index (χ0n) is 20.6. The monoisotopic (exact) mass is 499 g/mol. The van der Waals surface area contributed by atoms with E-state index in [1.165, 1.54) is 24.2 Å². The van der Waals surface area contributed by atoms with Crippen LogP contribution in [0.5, 0.6) is 0 Å². The maximum atomic E-state index is 13.4. The number of carbonyl (C=O) groups excluding carboxylic acids is 1. The van der Waals surface area contributed by atoms with E-state index < -0.39 is 22.2 Å². The number of amides is 1. The fourth-order valence-electron chi connectivity index (χ4n) is 4.22. The molecule has 7 nitrogen and oxygen atoms in total. The van der Waals surface area contributed by atoms with E-state index in [1.807, 2.05) is 42.5 Å². The maximum Gasteiger partial charge on any atom is 0.251 e. The number of aliphatic hydroxyl groups excluding tert-OH is 1. The first-order chi connectivity index (χ1) is 16.7. The van der Waals surface area contributed by atoms with Crippen LogP contribution in [-0.4, -0.2) is 57.5 Å². The maximum absolute atomic E-state index is 13.4.